The number of carbonyl (C=O) groups excluding carboxylic acids is 1. The second kappa shape index (κ2) is 5.59. The van der Waals surface area contributed by atoms with Gasteiger partial charge in [-0.2, -0.15) is 0 Å². The maximum Gasteiger partial charge on any atom is 0.343 e. The van der Waals surface area contributed by atoms with Crippen LogP contribution in [0.2, 0.25) is 0 Å². The molecule has 0 unspecified atom stereocenters. The SMILES string of the molecule is CCCNC(=O)CSc1n[nH]c(=O)n1C. The molecule has 0 radical (unpaired) electrons. The summed E-state index contributed by atoms with van der Waals surface area (Å²) in [6.07, 6.45) is 0.914. The second-order valence-electron chi connectivity index (χ2n) is 3.01. The average molecular weight is 230 g/mol. The van der Waals surface area contributed by atoms with Crippen molar-refractivity contribution in [3.8, 4) is 0 Å². The molecule has 0 aliphatic rings. The van der Waals surface area contributed by atoms with E-state index in [2.05, 4.69) is 15.5 Å². The lowest BCUT2D eigenvalue weighted by atomic mass is 10.5. The summed E-state index contributed by atoms with van der Waals surface area (Å²) in [5.41, 5.74) is -0.272. The molecule has 1 amide bonds. The minimum absolute atomic E-state index is 0.0442. The van der Waals surface area contributed by atoms with E-state index >= 15 is 0 Å². The monoisotopic (exact) mass is 230 g/mol. The van der Waals surface area contributed by atoms with Crippen molar-refractivity contribution in [3.05, 3.63) is 10.5 Å². The maximum absolute atomic E-state index is 11.2. The van der Waals surface area contributed by atoms with Crippen LogP contribution < -0.4 is 11.0 Å². The molecule has 7 heteroatoms. The Balaban J connectivity index is 2.40. The molecule has 0 bridgehead atoms. The van der Waals surface area contributed by atoms with Gasteiger partial charge in [-0.25, -0.2) is 9.89 Å². The number of nitrogens with one attached hydrogen (secondary N) is 2. The van der Waals surface area contributed by atoms with Crippen LogP contribution in [0.3, 0.4) is 0 Å². The number of aromatic nitrogens is 3. The van der Waals surface area contributed by atoms with Gasteiger partial charge in [0, 0.05) is 13.6 Å². The van der Waals surface area contributed by atoms with Crippen molar-refractivity contribution >= 4 is 17.7 Å². The molecule has 0 aliphatic heterocycles. The summed E-state index contributed by atoms with van der Waals surface area (Å²) in [5.74, 6) is 0.232. The predicted molar refractivity (Wildman–Crippen MR) is 57.9 cm³/mol. The Hall–Kier alpha value is -1.24. The number of H-pyrrole nitrogens is 1. The highest BCUT2D eigenvalue weighted by Gasteiger charge is 2.07. The highest BCUT2D eigenvalue weighted by atomic mass is 32.2. The lowest BCUT2D eigenvalue weighted by Gasteiger charge is -2.01. The summed E-state index contributed by atoms with van der Waals surface area (Å²) >= 11 is 1.23. The summed E-state index contributed by atoms with van der Waals surface area (Å²) in [4.78, 5) is 22.2. The molecule has 84 valence electrons. The van der Waals surface area contributed by atoms with Gasteiger partial charge >= 0.3 is 5.69 Å². The number of thioether (sulfide) groups is 1. The van der Waals surface area contributed by atoms with Gasteiger partial charge in [0.2, 0.25) is 5.91 Å². The van der Waals surface area contributed by atoms with Gasteiger partial charge in [0.1, 0.15) is 0 Å². The van der Waals surface area contributed by atoms with Crippen LogP contribution in [0, 0.1) is 0 Å². The van der Waals surface area contributed by atoms with E-state index in [9.17, 15) is 9.59 Å². The quantitative estimate of drug-likeness (QED) is 0.682. The summed E-state index contributed by atoms with van der Waals surface area (Å²) < 4.78 is 1.37. The molecule has 0 saturated heterocycles. The normalized spacial score (nSPS) is 10.3. The number of nitrogens with zero attached hydrogens (tertiary/aromatic N) is 2. The van der Waals surface area contributed by atoms with Crippen molar-refractivity contribution in [1.82, 2.24) is 20.1 Å². The molecular formula is C8H14N4O2S. The minimum atomic E-state index is -0.272. The van der Waals surface area contributed by atoms with Crippen molar-refractivity contribution in [1.29, 1.82) is 0 Å². The van der Waals surface area contributed by atoms with Crippen molar-refractivity contribution in [2.75, 3.05) is 12.3 Å². The van der Waals surface area contributed by atoms with Gasteiger partial charge in [-0.3, -0.25) is 9.36 Å². The van der Waals surface area contributed by atoms with Crippen LogP contribution in [-0.4, -0.2) is 33.0 Å². The Labute approximate surface area is 91.4 Å². The smallest absolute Gasteiger partial charge is 0.343 e. The fourth-order valence-corrected chi connectivity index (χ4v) is 1.66. The first-order valence-electron chi connectivity index (χ1n) is 4.66. The van der Waals surface area contributed by atoms with E-state index < -0.39 is 0 Å². The Morgan fingerprint density at radius 2 is 2.40 bits per heavy atom. The van der Waals surface area contributed by atoms with Crippen molar-refractivity contribution < 1.29 is 4.79 Å². The lowest BCUT2D eigenvalue weighted by molar-refractivity contribution is -0.118. The van der Waals surface area contributed by atoms with Crippen LogP contribution in [0.25, 0.3) is 0 Å². The van der Waals surface area contributed by atoms with E-state index in [1.54, 1.807) is 7.05 Å². The van der Waals surface area contributed by atoms with Crippen LogP contribution in [0.5, 0.6) is 0 Å². The van der Waals surface area contributed by atoms with Gasteiger partial charge in [-0.15, -0.1) is 5.10 Å². The van der Waals surface area contributed by atoms with Gasteiger partial charge in [0.05, 0.1) is 5.75 Å². The Morgan fingerprint density at radius 3 is 2.93 bits per heavy atom. The zero-order chi connectivity index (χ0) is 11.3. The van der Waals surface area contributed by atoms with E-state index in [0.717, 1.165) is 6.42 Å². The molecule has 1 rings (SSSR count). The van der Waals surface area contributed by atoms with E-state index in [-0.39, 0.29) is 17.3 Å². The molecule has 0 aromatic carbocycles. The van der Waals surface area contributed by atoms with E-state index in [4.69, 9.17) is 0 Å². The third kappa shape index (κ3) is 3.43. The van der Waals surface area contributed by atoms with Crippen LogP contribution in [0.4, 0.5) is 0 Å². The summed E-state index contributed by atoms with van der Waals surface area (Å²) in [5, 5.41) is 9.35. The zero-order valence-electron chi connectivity index (χ0n) is 8.74. The molecule has 1 heterocycles. The van der Waals surface area contributed by atoms with Gasteiger partial charge in [0.25, 0.3) is 0 Å². The minimum Gasteiger partial charge on any atom is -0.355 e. The van der Waals surface area contributed by atoms with Crippen LogP contribution in [0.15, 0.2) is 9.95 Å². The summed E-state index contributed by atoms with van der Waals surface area (Å²) in [7, 11) is 1.61. The third-order valence-corrected chi connectivity index (χ3v) is 2.77. The van der Waals surface area contributed by atoms with Gasteiger partial charge in [-0.05, 0) is 6.42 Å². The Morgan fingerprint density at radius 1 is 1.67 bits per heavy atom. The largest absolute Gasteiger partial charge is 0.355 e. The van der Waals surface area contributed by atoms with Crippen molar-refractivity contribution in [2.45, 2.75) is 18.5 Å². The first-order chi connectivity index (χ1) is 7.15. The van der Waals surface area contributed by atoms with Gasteiger partial charge < -0.3 is 5.32 Å². The Bertz CT molecular complexity index is 384. The number of aromatic amines is 1. The molecule has 0 aliphatic carbocycles. The number of amides is 1. The fraction of sp³-hybridized carbons (Fsp3) is 0.625. The first kappa shape index (κ1) is 11.8. The molecule has 0 spiro atoms. The molecule has 0 saturated carbocycles. The molecule has 0 atom stereocenters. The predicted octanol–water partition coefficient (Wildman–Crippen LogP) is -0.273. The molecule has 0 fully saturated rings. The molecule has 1 aromatic rings. The third-order valence-electron chi connectivity index (χ3n) is 1.74. The number of hydrogen-bond donors (Lipinski definition) is 2. The first-order valence-corrected chi connectivity index (χ1v) is 5.64. The fourth-order valence-electron chi connectivity index (χ4n) is 0.907. The highest BCUT2D eigenvalue weighted by molar-refractivity contribution is 7.99. The average Bonchev–Trinajstić information content (AvgIpc) is 2.54. The second-order valence-corrected chi connectivity index (χ2v) is 3.95. The molecule has 2 N–H and O–H groups in total. The topological polar surface area (TPSA) is 79.8 Å². The standard InChI is InChI=1S/C8H14N4O2S/c1-3-4-9-6(13)5-15-8-11-10-7(14)12(8)2/h3-5H2,1-2H3,(H,9,13)(H,10,14). The highest BCUT2D eigenvalue weighted by Crippen LogP contribution is 2.10. The molecule has 1 aromatic heterocycles. The van der Waals surface area contributed by atoms with E-state index in [1.165, 1.54) is 16.3 Å². The van der Waals surface area contributed by atoms with Gasteiger partial charge in [-0.1, -0.05) is 18.7 Å². The van der Waals surface area contributed by atoms with E-state index in [1.807, 2.05) is 6.92 Å². The zero-order valence-corrected chi connectivity index (χ0v) is 9.56. The Kier molecular flexibility index (Phi) is 4.41. The van der Waals surface area contributed by atoms with E-state index in [0.29, 0.717) is 11.7 Å². The van der Waals surface area contributed by atoms with Crippen LogP contribution in [-0.2, 0) is 11.8 Å². The number of hydrogen-bond acceptors (Lipinski definition) is 4. The molecular weight excluding hydrogens is 216 g/mol. The number of carbonyl (C=O) groups is 1. The lowest BCUT2D eigenvalue weighted by Crippen LogP contribution is -2.25. The van der Waals surface area contributed by atoms with Crippen LogP contribution in [0.1, 0.15) is 13.3 Å². The van der Waals surface area contributed by atoms with Crippen LogP contribution >= 0.6 is 11.8 Å². The summed E-state index contributed by atoms with van der Waals surface area (Å²) in [6, 6.07) is 0. The van der Waals surface area contributed by atoms with Gasteiger partial charge in [0.15, 0.2) is 5.16 Å². The molecule has 6 nitrogen and oxygen atoms in total. The summed E-state index contributed by atoms with van der Waals surface area (Å²) in [6.45, 7) is 2.67. The maximum atomic E-state index is 11.2. The van der Waals surface area contributed by atoms with Crippen molar-refractivity contribution in [2.24, 2.45) is 7.05 Å². The van der Waals surface area contributed by atoms with Crippen molar-refractivity contribution in [3.63, 3.8) is 0 Å². The number of rotatable bonds is 5. The molecule has 15 heavy (non-hydrogen) atoms.